The normalized spacial score (nSPS) is 11.4. The fourth-order valence-electron chi connectivity index (χ4n) is 1.87. The Morgan fingerprint density at radius 2 is 2.14 bits per heavy atom. The molecule has 8 heteroatoms. The summed E-state index contributed by atoms with van der Waals surface area (Å²) in [6.07, 6.45) is -1.09. The zero-order chi connectivity index (χ0) is 15.6. The number of nitrogens with one attached hydrogen (secondary N) is 1. The summed E-state index contributed by atoms with van der Waals surface area (Å²) < 4.78 is 40.6. The van der Waals surface area contributed by atoms with Crippen molar-refractivity contribution in [3.05, 3.63) is 47.3 Å². The number of aromatic nitrogens is 2. The maximum absolute atomic E-state index is 13.0. The van der Waals surface area contributed by atoms with Crippen LogP contribution in [0.2, 0.25) is 0 Å². The maximum Gasteiger partial charge on any atom is 0.417 e. The summed E-state index contributed by atoms with van der Waals surface area (Å²) in [5, 5.41) is 6.90. The number of halogens is 3. The lowest BCUT2D eigenvalue weighted by Crippen LogP contribution is -2.18. The highest BCUT2D eigenvalue weighted by Gasteiger charge is 2.34. The molecule has 1 heterocycles. The lowest BCUT2D eigenvalue weighted by atomic mass is 10.1. The number of nitrogens with two attached hydrogens (primary N) is 1. The third-order valence-corrected chi connectivity index (χ3v) is 3.07. The summed E-state index contributed by atoms with van der Waals surface area (Å²) in [5.41, 5.74) is 5.52. The SMILES string of the molecule is Cn1cc(CNc2ccc(C(N)=S)c(C(F)(F)F)c2)cn1. The molecule has 0 atom stereocenters. The molecule has 3 N–H and O–H groups in total. The molecular weight excluding hydrogens is 301 g/mol. The Morgan fingerprint density at radius 3 is 2.67 bits per heavy atom. The van der Waals surface area contributed by atoms with Crippen LogP contribution in [0.3, 0.4) is 0 Å². The Hall–Kier alpha value is -2.09. The van der Waals surface area contributed by atoms with Gasteiger partial charge in [0.2, 0.25) is 0 Å². The predicted molar refractivity (Wildman–Crippen MR) is 77.9 cm³/mol. The van der Waals surface area contributed by atoms with Crippen LogP contribution in [0.4, 0.5) is 18.9 Å². The van der Waals surface area contributed by atoms with E-state index in [1.165, 1.54) is 12.1 Å². The zero-order valence-corrected chi connectivity index (χ0v) is 11.9. The molecule has 0 bridgehead atoms. The number of alkyl halides is 3. The number of benzene rings is 1. The van der Waals surface area contributed by atoms with Crippen molar-refractivity contribution in [1.29, 1.82) is 0 Å². The van der Waals surface area contributed by atoms with Crippen molar-refractivity contribution in [2.75, 3.05) is 5.32 Å². The van der Waals surface area contributed by atoms with E-state index in [0.29, 0.717) is 12.2 Å². The number of rotatable bonds is 4. The van der Waals surface area contributed by atoms with E-state index in [2.05, 4.69) is 22.6 Å². The van der Waals surface area contributed by atoms with E-state index in [-0.39, 0.29) is 10.6 Å². The van der Waals surface area contributed by atoms with E-state index in [1.807, 2.05) is 0 Å². The second kappa shape index (κ2) is 5.72. The van der Waals surface area contributed by atoms with Crippen LogP contribution in [0.15, 0.2) is 30.6 Å². The van der Waals surface area contributed by atoms with Crippen molar-refractivity contribution in [2.45, 2.75) is 12.7 Å². The second-order valence-corrected chi connectivity index (χ2v) is 4.94. The Balaban J connectivity index is 2.23. The van der Waals surface area contributed by atoms with Crippen LogP contribution in [0, 0.1) is 0 Å². The summed E-state index contributed by atoms with van der Waals surface area (Å²) >= 11 is 4.65. The van der Waals surface area contributed by atoms with Gasteiger partial charge in [0.15, 0.2) is 0 Å². The summed E-state index contributed by atoms with van der Waals surface area (Å²) in [4.78, 5) is -0.277. The molecule has 0 spiro atoms. The van der Waals surface area contributed by atoms with Crippen LogP contribution in [0.1, 0.15) is 16.7 Å². The lowest BCUT2D eigenvalue weighted by Gasteiger charge is -2.14. The largest absolute Gasteiger partial charge is 0.417 e. The van der Waals surface area contributed by atoms with E-state index in [0.717, 1.165) is 11.6 Å². The molecule has 1 aromatic heterocycles. The molecule has 4 nitrogen and oxygen atoms in total. The topological polar surface area (TPSA) is 55.9 Å². The molecule has 0 amide bonds. The van der Waals surface area contributed by atoms with Crippen molar-refractivity contribution in [3.8, 4) is 0 Å². The molecule has 0 aliphatic heterocycles. The Labute approximate surface area is 124 Å². The Bertz CT molecular complexity index is 664. The van der Waals surface area contributed by atoms with Gasteiger partial charge >= 0.3 is 6.18 Å². The van der Waals surface area contributed by atoms with Gasteiger partial charge in [0.1, 0.15) is 4.99 Å². The van der Waals surface area contributed by atoms with Gasteiger partial charge in [-0.2, -0.15) is 18.3 Å². The van der Waals surface area contributed by atoms with Crippen molar-refractivity contribution in [1.82, 2.24) is 9.78 Å². The highest BCUT2D eigenvalue weighted by Crippen LogP contribution is 2.33. The number of hydrogen-bond donors (Lipinski definition) is 2. The standard InChI is InChI=1S/C13H13F3N4S/c1-20-7-8(6-19-20)5-18-9-2-3-10(12(17)21)11(4-9)13(14,15)16/h2-4,6-7,18H,5H2,1H3,(H2,17,21). The minimum atomic E-state index is -4.51. The van der Waals surface area contributed by atoms with E-state index in [4.69, 9.17) is 5.73 Å². The average molecular weight is 314 g/mol. The highest BCUT2D eigenvalue weighted by atomic mass is 32.1. The summed E-state index contributed by atoms with van der Waals surface area (Å²) in [5.74, 6) is 0. The minimum absolute atomic E-state index is 0.176. The molecule has 0 aliphatic rings. The van der Waals surface area contributed by atoms with Crippen LogP contribution in [-0.4, -0.2) is 14.8 Å². The van der Waals surface area contributed by atoms with Crippen LogP contribution >= 0.6 is 12.2 Å². The van der Waals surface area contributed by atoms with E-state index >= 15 is 0 Å². The van der Waals surface area contributed by atoms with Crippen molar-refractivity contribution in [3.63, 3.8) is 0 Å². The first-order valence-electron chi connectivity index (χ1n) is 6.00. The molecule has 0 aliphatic carbocycles. The first kappa shape index (κ1) is 15.3. The Morgan fingerprint density at radius 1 is 1.43 bits per heavy atom. The minimum Gasteiger partial charge on any atom is -0.389 e. The number of thiocarbonyl (C=S) groups is 1. The first-order valence-corrected chi connectivity index (χ1v) is 6.40. The molecule has 1 aromatic carbocycles. The second-order valence-electron chi connectivity index (χ2n) is 4.50. The van der Waals surface area contributed by atoms with Crippen molar-refractivity contribution >= 4 is 22.9 Å². The maximum atomic E-state index is 13.0. The molecule has 0 fully saturated rings. The molecule has 112 valence electrons. The van der Waals surface area contributed by atoms with Gasteiger partial charge in [-0.1, -0.05) is 12.2 Å². The van der Waals surface area contributed by atoms with E-state index < -0.39 is 11.7 Å². The molecule has 21 heavy (non-hydrogen) atoms. The molecule has 0 saturated heterocycles. The lowest BCUT2D eigenvalue weighted by molar-refractivity contribution is -0.137. The predicted octanol–water partition coefficient (Wildman–Crippen LogP) is 2.69. The number of nitrogens with zero attached hydrogens (tertiary/aromatic N) is 2. The monoisotopic (exact) mass is 314 g/mol. The summed E-state index contributed by atoms with van der Waals surface area (Å²) in [6, 6.07) is 3.79. The van der Waals surface area contributed by atoms with Crippen molar-refractivity contribution < 1.29 is 13.2 Å². The van der Waals surface area contributed by atoms with Crippen LogP contribution < -0.4 is 11.1 Å². The van der Waals surface area contributed by atoms with Crippen LogP contribution in [-0.2, 0) is 19.8 Å². The molecular formula is C13H13F3N4S. The highest BCUT2D eigenvalue weighted by molar-refractivity contribution is 7.80. The van der Waals surface area contributed by atoms with Crippen LogP contribution in [0.5, 0.6) is 0 Å². The van der Waals surface area contributed by atoms with Gasteiger partial charge in [-0.3, -0.25) is 4.68 Å². The summed E-state index contributed by atoms with van der Waals surface area (Å²) in [7, 11) is 1.77. The molecule has 0 saturated carbocycles. The van der Waals surface area contributed by atoms with Gasteiger partial charge in [0.05, 0.1) is 11.8 Å². The van der Waals surface area contributed by atoms with Gasteiger partial charge < -0.3 is 11.1 Å². The fourth-order valence-corrected chi connectivity index (χ4v) is 2.05. The van der Waals surface area contributed by atoms with Gasteiger partial charge in [0.25, 0.3) is 0 Å². The van der Waals surface area contributed by atoms with Gasteiger partial charge in [-0.05, 0) is 18.2 Å². The van der Waals surface area contributed by atoms with E-state index in [1.54, 1.807) is 24.1 Å². The average Bonchev–Trinajstić information content (AvgIpc) is 2.81. The van der Waals surface area contributed by atoms with Gasteiger partial charge in [-0.15, -0.1) is 0 Å². The smallest absolute Gasteiger partial charge is 0.389 e. The number of aryl methyl sites for hydroxylation is 1. The number of anilines is 1. The van der Waals surface area contributed by atoms with Gasteiger partial charge in [0, 0.05) is 36.6 Å². The number of hydrogen-bond acceptors (Lipinski definition) is 3. The van der Waals surface area contributed by atoms with Crippen molar-refractivity contribution in [2.24, 2.45) is 12.8 Å². The van der Waals surface area contributed by atoms with Crippen LogP contribution in [0.25, 0.3) is 0 Å². The fraction of sp³-hybridized carbons (Fsp3) is 0.231. The third kappa shape index (κ3) is 3.72. The first-order chi connectivity index (χ1) is 9.77. The molecule has 0 unspecified atom stereocenters. The Kier molecular flexibility index (Phi) is 4.17. The van der Waals surface area contributed by atoms with E-state index in [9.17, 15) is 13.2 Å². The summed E-state index contributed by atoms with van der Waals surface area (Å²) in [6.45, 7) is 0.373. The van der Waals surface area contributed by atoms with Gasteiger partial charge in [-0.25, -0.2) is 0 Å². The molecule has 0 radical (unpaired) electrons. The third-order valence-electron chi connectivity index (χ3n) is 2.85. The molecule has 2 rings (SSSR count). The quantitative estimate of drug-likeness (QED) is 0.852. The molecule has 2 aromatic rings. The zero-order valence-electron chi connectivity index (χ0n) is 11.1.